The van der Waals surface area contributed by atoms with Crippen LogP contribution in [0.3, 0.4) is 0 Å². The summed E-state index contributed by atoms with van der Waals surface area (Å²) in [5, 5.41) is 5.12. The second-order valence-corrected chi connectivity index (χ2v) is 7.01. The average molecular weight is 310 g/mol. The fraction of sp³-hybridized carbons (Fsp3) is 0.389. The van der Waals surface area contributed by atoms with Crippen molar-refractivity contribution in [1.82, 2.24) is 5.01 Å². The van der Waals surface area contributed by atoms with Crippen LogP contribution in [0.1, 0.15) is 18.4 Å². The van der Waals surface area contributed by atoms with Crippen molar-refractivity contribution in [1.29, 1.82) is 0 Å². The molecule has 3 aliphatic carbocycles. The van der Waals surface area contributed by atoms with Crippen molar-refractivity contribution < 1.29 is 14.0 Å². The van der Waals surface area contributed by atoms with Crippen LogP contribution < -0.4 is 0 Å². The predicted octanol–water partition coefficient (Wildman–Crippen LogP) is 2.36. The number of amides is 2. The molecule has 1 aliphatic heterocycles. The number of nitrogens with zero attached hydrogens (tertiary/aromatic N) is 2. The number of fused-ring (bicyclic) bond motifs is 3. The van der Waals surface area contributed by atoms with Crippen molar-refractivity contribution in [3.63, 3.8) is 0 Å². The number of carbonyl (C=O) groups excluding carboxylic acids is 2. The van der Waals surface area contributed by atoms with Gasteiger partial charge in [0.1, 0.15) is 5.82 Å². The van der Waals surface area contributed by atoms with Gasteiger partial charge in [-0.25, -0.2) is 4.39 Å². The van der Waals surface area contributed by atoms with Crippen LogP contribution in [0, 0.1) is 34.9 Å². The number of halogens is 1. The minimum atomic E-state index is -0.331. The number of rotatable bonds is 2. The van der Waals surface area contributed by atoms with Gasteiger partial charge in [-0.2, -0.15) is 10.1 Å². The molecule has 1 aromatic rings. The van der Waals surface area contributed by atoms with Crippen molar-refractivity contribution >= 4 is 18.0 Å². The van der Waals surface area contributed by atoms with Gasteiger partial charge in [0.25, 0.3) is 11.8 Å². The third-order valence-corrected chi connectivity index (χ3v) is 6.02. The van der Waals surface area contributed by atoms with Gasteiger partial charge < -0.3 is 0 Å². The van der Waals surface area contributed by atoms with E-state index in [9.17, 15) is 14.0 Å². The van der Waals surface area contributed by atoms with Crippen LogP contribution in [0.15, 0.2) is 41.5 Å². The summed E-state index contributed by atoms with van der Waals surface area (Å²) in [5.41, 5.74) is 0.858. The van der Waals surface area contributed by atoms with E-state index in [-0.39, 0.29) is 46.7 Å². The lowest BCUT2D eigenvalue weighted by atomic mass is 9.85. The van der Waals surface area contributed by atoms with Crippen LogP contribution in [-0.4, -0.2) is 23.0 Å². The Balaban J connectivity index is 1.43. The Kier molecular flexibility index (Phi) is 2.38. The van der Waals surface area contributed by atoms with E-state index in [2.05, 4.69) is 17.3 Å². The second kappa shape index (κ2) is 4.16. The maximum Gasteiger partial charge on any atom is 0.254 e. The molecule has 3 fully saturated rings. The lowest BCUT2D eigenvalue weighted by molar-refractivity contribution is -0.141. The van der Waals surface area contributed by atoms with E-state index < -0.39 is 0 Å². The number of hydrogen-bond donors (Lipinski definition) is 0. The first-order chi connectivity index (χ1) is 11.1. The lowest BCUT2D eigenvalue weighted by Gasteiger charge is -2.18. The minimum absolute atomic E-state index is 0.179. The molecular formula is C18H15FN2O2. The number of hydrogen-bond acceptors (Lipinski definition) is 3. The van der Waals surface area contributed by atoms with Gasteiger partial charge in [-0.3, -0.25) is 9.59 Å². The highest BCUT2D eigenvalue weighted by Gasteiger charge is 2.73. The van der Waals surface area contributed by atoms with E-state index in [1.807, 2.05) is 0 Å². The average Bonchev–Trinajstić information content (AvgIpc) is 3.15. The summed E-state index contributed by atoms with van der Waals surface area (Å²) >= 11 is 0. The van der Waals surface area contributed by atoms with E-state index in [0.29, 0.717) is 5.56 Å². The Morgan fingerprint density at radius 1 is 1.04 bits per heavy atom. The largest absolute Gasteiger partial charge is 0.272 e. The Morgan fingerprint density at radius 2 is 1.61 bits per heavy atom. The van der Waals surface area contributed by atoms with Gasteiger partial charge in [-0.1, -0.05) is 24.3 Å². The summed E-state index contributed by atoms with van der Waals surface area (Å²) in [6, 6.07) is 5.78. The van der Waals surface area contributed by atoms with Crippen LogP contribution in [0.2, 0.25) is 0 Å². The highest BCUT2D eigenvalue weighted by atomic mass is 19.1. The summed E-state index contributed by atoms with van der Waals surface area (Å²) in [6.45, 7) is 0. The summed E-state index contributed by atoms with van der Waals surface area (Å²) in [7, 11) is 0. The Morgan fingerprint density at radius 3 is 2.13 bits per heavy atom. The van der Waals surface area contributed by atoms with Gasteiger partial charge in [0.15, 0.2) is 0 Å². The first-order valence-corrected chi connectivity index (χ1v) is 7.97. The SMILES string of the molecule is O=C1[C@@H]2[C@H](C(=O)N1/N=C\c1ccc(F)cc1)[C@@H]1C=C[C@@H]2C12CC2. The first-order valence-electron chi connectivity index (χ1n) is 7.97. The lowest BCUT2D eigenvalue weighted by Crippen LogP contribution is -2.30. The molecule has 4 atom stereocenters. The maximum atomic E-state index is 12.9. The van der Waals surface area contributed by atoms with Gasteiger partial charge in [-0.05, 0) is 47.8 Å². The Labute approximate surface area is 132 Å². The number of benzene rings is 1. The van der Waals surface area contributed by atoms with E-state index >= 15 is 0 Å². The van der Waals surface area contributed by atoms with Crippen molar-refractivity contribution in [2.75, 3.05) is 0 Å². The van der Waals surface area contributed by atoms with Gasteiger partial charge in [-0.15, -0.1) is 0 Å². The standard InChI is InChI=1S/C18H15FN2O2/c19-11-3-1-10(2-4-11)9-20-21-16(22)14-12-5-6-13(15(14)17(21)23)18(12)7-8-18/h1-6,9,12-15H,7-8H2/b20-9-/t12-,13-,14-,15+/m0/s1. The zero-order valence-electron chi connectivity index (χ0n) is 12.4. The summed E-state index contributed by atoms with van der Waals surface area (Å²) in [4.78, 5) is 25.4. The molecule has 0 N–H and O–H groups in total. The Hall–Kier alpha value is -2.30. The summed E-state index contributed by atoms with van der Waals surface area (Å²) in [6.07, 6.45) is 7.97. The molecule has 1 saturated heterocycles. The normalized spacial score (nSPS) is 35.8. The minimum Gasteiger partial charge on any atom is -0.272 e. The van der Waals surface area contributed by atoms with Crippen molar-refractivity contribution in [2.45, 2.75) is 12.8 Å². The molecule has 4 aliphatic rings. The highest BCUT2D eigenvalue weighted by Crippen LogP contribution is 2.73. The molecule has 2 saturated carbocycles. The molecule has 1 spiro atoms. The van der Waals surface area contributed by atoms with Crippen molar-refractivity contribution in [3.05, 3.63) is 47.8 Å². The number of hydrazone groups is 1. The van der Waals surface area contributed by atoms with Crippen LogP contribution in [-0.2, 0) is 9.59 Å². The molecule has 23 heavy (non-hydrogen) atoms. The quantitative estimate of drug-likeness (QED) is 0.478. The van der Waals surface area contributed by atoms with Crippen LogP contribution in [0.4, 0.5) is 4.39 Å². The Bertz CT molecular complexity index is 745. The van der Waals surface area contributed by atoms with E-state index in [1.165, 1.54) is 18.3 Å². The molecule has 1 heterocycles. The zero-order valence-corrected chi connectivity index (χ0v) is 12.4. The number of imide groups is 1. The van der Waals surface area contributed by atoms with Gasteiger partial charge in [0.2, 0.25) is 0 Å². The van der Waals surface area contributed by atoms with Gasteiger partial charge >= 0.3 is 0 Å². The zero-order chi connectivity index (χ0) is 15.8. The fourth-order valence-electron chi connectivity index (χ4n) is 4.85. The number of carbonyl (C=O) groups is 2. The van der Waals surface area contributed by atoms with E-state index in [0.717, 1.165) is 17.9 Å². The number of allylic oxidation sites excluding steroid dienone is 2. The van der Waals surface area contributed by atoms with Crippen LogP contribution in [0.5, 0.6) is 0 Å². The van der Waals surface area contributed by atoms with Gasteiger partial charge in [0, 0.05) is 0 Å². The molecule has 4 nitrogen and oxygen atoms in total. The molecular weight excluding hydrogens is 295 g/mol. The summed E-state index contributed by atoms with van der Waals surface area (Å²) < 4.78 is 12.9. The molecule has 2 amide bonds. The molecule has 0 unspecified atom stereocenters. The second-order valence-electron chi connectivity index (χ2n) is 7.01. The van der Waals surface area contributed by atoms with Crippen LogP contribution >= 0.6 is 0 Å². The molecule has 0 aromatic heterocycles. The molecule has 0 radical (unpaired) electrons. The smallest absolute Gasteiger partial charge is 0.254 e. The monoisotopic (exact) mass is 310 g/mol. The fourth-order valence-corrected chi connectivity index (χ4v) is 4.85. The first kappa shape index (κ1) is 13.2. The third-order valence-electron chi connectivity index (χ3n) is 6.02. The molecule has 5 rings (SSSR count). The van der Waals surface area contributed by atoms with Crippen molar-refractivity contribution in [2.24, 2.45) is 34.2 Å². The van der Waals surface area contributed by atoms with Crippen LogP contribution in [0.25, 0.3) is 0 Å². The molecule has 2 bridgehead atoms. The molecule has 1 aromatic carbocycles. The van der Waals surface area contributed by atoms with E-state index in [4.69, 9.17) is 0 Å². The summed E-state index contributed by atoms with van der Waals surface area (Å²) in [5.74, 6) is -0.735. The topological polar surface area (TPSA) is 49.7 Å². The maximum absolute atomic E-state index is 12.9. The predicted molar refractivity (Wildman–Crippen MR) is 80.6 cm³/mol. The van der Waals surface area contributed by atoms with Gasteiger partial charge in [0.05, 0.1) is 18.1 Å². The molecule has 116 valence electrons. The molecule has 5 heteroatoms. The third kappa shape index (κ3) is 1.57. The van der Waals surface area contributed by atoms with E-state index in [1.54, 1.807) is 12.1 Å². The van der Waals surface area contributed by atoms with Crippen molar-refractivity contribution in [3.8, 4) is 0 Å². The highest BCUT2D eigenvalue weighted by molar-refractivity contribution is 6.07.